The van der Waals surface area contributed by atoms with Crippen molar-refractivity contribution < 1.29 is 4.79 Å². The Labute approximate surface area is 145 Å². The van der Waals surface area contributed by atoms with Crippen LogP contribution >= 0.6 is 40.1 Å². The number of hydrogen-bond donors (Lipinski definition) is 2. The van der Waals surface area contributed by atoms with Gasteiger partial charge in [0, 0.05) is 35.0 Å². The molecule has 118 valence electrons. The van der Waals surface area contributed by atoms with Crippen molar-refractivity contribution in [2.45, 2.75) is 31.8 Å². The van der Waals surface area contributed by atoms with E-state index < -0.39 is 0 Å². The molecule has 1 atom stereocenters. The molecule has 2 N–H and O–H groups in total. The largest absolute Gasteiger partial charge is 0.347 e. The van der Waals surface area contributed by atoms with Crippen LogP contribution in [0.3, 0.4) is 0 Å². The van der Waals surface area contributed by atoms with Crippen LogP contribution in [-0.4, -0.2) is 30.0 Å². The number of amides is 1. The number of nitrogens with one attached hydrogen (secondary N) is 2. The lowest BCUT2D eigenvalue weighted by Crippen LogP contribution is -2.46. The quantitative estimate of drug-likeness (QED) is 0.824. The van der Waals surface area contributed by atoms with E-state index in [1.807, 2.05) is 49.9 Å². The highest BCUT2D eigenvalue weighted by Gasteiger charge is 2.24. The zero-order valence-corrected chi connectivity index (χ0v) is 15.5. The van der Waals surface area contributed by atoms with E-state index in [1.54, 1.807) is 0 Å². The van der Waals surface area contributed by atoms with Gasteiger partial charge in [0.25, 0.3) is 0 Å². The maximum atomic E-state index is 12.2. The number of thioether (sulfide) groups is 1. The van der Waals surface area contributed by atoms with E-state index in [4.69, 9.17) is 0 Å². The lowest BCUT2D eigenvalue weighted by molar-refractivity contribution is -0.123. The third-order valence-corrected chi connectivity index (χ3v) is 5.11. The van der Waals surface area contributed by atoms with Gasteiger partial charge in [0.1, 0.15) is 0 Å². The van der Waals surface area contributed by atoms with Crippen molar-refractivity contribution in [1.29, 1.82) is 0 Å². The van der Waals surface area contributed by atoms with Crippen molar-refractivity contribution in [1.82, 2.24) is 10.6 Å². The van der Waals surface area contributed by atoms with Crippen molar-refractivity contribution >= 4 is 46.0 Å². The van der Waals surface area contributed by atoms with E-state index in [0.29, 0.717) is 12.5 Å². The Bertz CT molecular complexity index is 461. The van der Waals surface area contributed by atoms with Crippen LogP contribution in [0.2, 0.25) is 0 Å². The average molecular weight is 394 g/mol. The number of carbonyl (C=O) groups is 1. The molecule has 0 radical (unpaired) electrons. The lowest BCUT2D eigenvalue weighted by atomic mass is 9.94. The van der Waals surface area contributed by atoms with Gasteiger partial charge >= 0.3 is 0 Å². The van der Waals surface area contributed by atoms with E-state index in [9.17, 15) is 4.79 Å². The van der Waals surface area contributed by atoms with Crippen LogP contribution < -0.4 is 10.6 Å². The van der Waals surface area contributed by atoms with Gasteiger partial charge in [0.15, 0.2) is 0 Å². The van der Waals surface area contributed by atoms with E-state index >= 15 is 0 Å². The molecule has 0 aromatic heterocycles. The molecule has 1 saturated heterocycles. The first-order valence-electron chi connectivity index (χ1n) is 6.85. The average Bonchev–Trinajstić information content (AvgIpc) is 2.39. The molecule has 2 rings (SSSR count). The summed E-state index contributed by atoms with van der Waals surface area (Å²) < 4.78 is 1.05. The summed E-state index contributed by atoms with van der Waals surface area (Å²) in [5.41, 5.74) is 0.764. The molecule has 1 aromatic carbocycles. The Morgan fingerprint density at radius 1 is 1.43 bits per heavy atom. The van der Waals surface area contributed by atoms with E-state index in [1.165, 1.54) is 0 Å². The fourth-order valence-electron chi connectivity index (χ4n) is 2.31. The Morgan fingerprint density at radius 3 is 2.67 bits per heavy atom. The second-order valence-electron chi connectivity index (χ2n) is 5.61. The molecule has 0 bridgehead atoms. The van der Waals surface area contributed by atoms with Gasteiger partial charge in [-0.25, -0.2) is 0 Å². The summed E-state index contributed by atoms with van der Waals surface area (Å²) in [5.74, 6) is 2.27. The summed E-state index contributed by atoms with van der Waals surface area (Å²) in [7, 11) is 0. The minimum atomic E-state index is -0.348. The van der Waals surface area contributed by atoms with Gasteiger partial charge in [-0.3, -0.25) is 4.79 Å². The highest BCUT2D eigenvalue weighted by molar-refractivity contribution is 9.10. The minimum absolute atomic E-state index is 0. The number of rotatable bonds is 4. The Balaban J connectivity index is 0.00000220. The van der Waals surface area contributed by atoms with Crippen LogP contribution in [0, 0.1) is 0 Å². The molecule has 1 amide bonds. The van der Waals surface area contributed by atoms with E-state index in [-0.39, 0.29) is 23.9 Å². The molecule has 6 heteroatoms. The van der Waals surface area contributed by atoms with Gasteiger partial charge in [-0.15, -0.1) is 12.4 Å². The Hall–Kier alpha value is -0.230. The van der Waals surface area contributed by atoms with Crippen molar-refractivity contribution in [3.05, 3.63) is 34.3 Å². The van der Waals surface area contributed by atoms with Crippen LogP contribution in [-0.2, 0) is 10.3 Å². The Kier molecular flexibility index (Phi) is 7.54. The molecule has 1 aromatic rings. The second kappa shape index (κ2) is 8.42. The molecular weight excluding hydrogens is 372 g/mol. The molecule has 1 fully saturated rings. The fraction of sp³-hybridized carbons (Fsp3) is 0.533. The molecule has 0 spiro atoms. The molecule has 0 saturated carbocycles. The summed E-state index contributed by atoms with van der Waals surface area (Å²) >= 11 is 5.34. The van der Waals surface area contributed by atoms with Crippen molar-refractivity contribution in [3.63, 3.8) is 0 Å². The molecule has 0 aliphatic carbocycles. The maximum absolute atomic E-state index is 12.2. The van der Waals surface area contributed by atoms with Crippen LogP contribution in [0.1, 0.15) is 25.8 Å². The van der Waals surface area contributed by atoms with Crippen molar-refractivity contribution in [3.8, 4) is 0 Å². The first kappa shape index (κ1) is 18.8. The Morgan fingerprint density at radius 2 is 2.10 bits per heavy atom. The number of carbonyl (C=O) groups excluding carboxylic acids is 1. The topological polar surface area (TPSA) is 41.1 Å². The summed E-state index contributed by atoms with van der Waals surface area (Å²) in [6.07, 6.45) is 0.549. The van der Waals surface area contributed by atoms with Gasteiger partial charge in [-0.1, -0.05) is 28.1 Å². The SMILES string of the molecule is CC(C)(NC(=O)CC1CSCCN1)c1ccc(Br)cc1.Cl. The second-order valence-corrected chi connectivity index (χ2v) is 7.68. The van der Waals surface area contributed by atoms with Crippen molar-refractivity contribution in [2.75, 3.05) is 18.1 Å². The van der Waals surface area contributed by atoms with Crippen LogP contribution in [0.25, 0.3) is 0 Å². The van der Waals surface area contributed by atoms with E-state index in [2.05, 4.69) is 26.6 Å². The van der Waals surface area contributed by atoms with Gasteiger partial charge < -0.3 is 10.6 Å². The normalized spacial score (nSPS) is 18.7. The summed E-state index contributed by atoms with van der Waals surface area (Å²) in [5, 5.41) is 6.53. The van der Waals surface area contributed by atoms with Crippen LogP contribution in [0.5, 0.6) is 0 Å². The summed E-state index contributed by atoms with van der Waals surface area (Å²) in [6, 6.07) is 8.39. The third kappa shape index (κ3) is 5.81. The smallest absolute Gasteiger partial charge is 0.222 e. The summed E-state index contributed by atoms with van der Waals surface area (Å²) in [6.45, 7) is 5.08. The molecule has 1 aliphatic rings. The van der Waals surface area contributed by atoms with Gasteiger partial charge in [-0.05, 0) is 31.5 Å². The zero-order valence-electron chi connectivity index (χ0n) is 12.3. The highest BCUT2D eigenvalue weighted by atomic mass is 79.9. The number of hydrogen-bond acceptors (Lipinski definition) is 3. The first-order chi connectivity index (χ1) is 9.47. The van der Waals surface area contributed by atoms with Crippen LogP contribution in [0.15, 0.2) is 28.7 Å². The van der Waals surface area contributed by atoms with Gasteiger partial charge in [0.2, 0.25) is 5.91 Å². The lowest BCUT2D eigenvalue weighted by Gasteiger charge is -2.29. The monoisotopic (exact) mass is 392 g/mol. The summed E-state index contributed by atoms with van der Waals surface area (Å²) in [4.78, 5) is 12.2. The predicted octanol–water partition coefficient (Wildman–Crippen LogP) is 3.32. The van der Waals surface area contributed by atoms with Gasteiger partial charge in [0.05, 0.1) is 5.54 Å². The first-order valence-corrected chi connectivity index (χ1v) is 8.80. The molecule has 21 heavy (non-hydrogen) atoms. The fourth-order valence-corrected chi connectivity index (χ4v) is 3.53. The van der Waals surface area contributed by atoms with Gasteiger partial charge in [-0.2, -0.15) is 11.8 Å². The molecule has 3 nitrogen and oxygen atoms in total. The maximum Gasteiger partial charge on any atom is 0.222 e. The van der Waals surface area contributed by atoms with Crippen LogP contribution in [0.4, 0.5) is 0 Å². The molecule has 1 unspecified atom stereocenters. The third-order valence-electron chi connectivity index (χ3n) is 3.45. The molecule has 1 aliphatic heterocycles. The minimum Gasteiger partial charge on any atom is -0.347 e. The number of halogens is 2. The van der Waals surface area contributed by atoms with Crippen molar-refractivity contribution in [2.24, 2.45) is 0 Å². The predicted molar refractivity (Wildman–Crippen MR) is 96.3 cm³/mol. The zero-order chi connectivity index (χ0) is 14.6. The molecular formula is C15H22BrClN2OS. The van der Waals surface area contributed by atoms with E-state index in [0.717, 1.165) is 28.1 Å². The number of benzene rings is 1. The highest BCUT2D eigenvalue weighted by Crippen LogP contribution is 2.22. The molecule has 1 heterocycles. The standard InChI is InChI=1S/C15H21BrN2OS.ClH/c1-15(2,11-3-5-12(16)6-4-11)18-14(19)9-13-10-20-8-7-17-13;/h3-6,13,17H,7-10H2,1-2H3,(H,18,19);1H.